The molecule has 1 nitrogen and oxygen atoms in total. The van der Waals surface area contributed by atoms with E-state index in [4.69, 9.17) is 0 Å². The van der Waals surface area contributed by atoms with Gasteiger partial charge in [0.25, 0.3) is 0 Å². The molecule has 0 aliphatic carbocycles. The molecule has 0 saturated heterocycles. The highest BCUT2D eigenvalue weighted by atomic mass is 127. The van der Waals surface area contributed by atoms with Crippen LogP contribution in [0.15, 0.2) is 146 Å². The first-order valence-electron chi connectivity index (χ1n) is 14.0. The first kappa shape index (κ1) is 25.4. The molecule has 0 radical (unpaired) electrons. The summed E-state index contributed by atoms with van der Waals surface area (Å²) in [6.07, 6.45) is 1.87. The van der Waals surface area contributed by atoms with E-state index in [1.54, 1.807) is 11.3 Å². The Kier molecular flexibility index (Phi) is 6.35. The summed E-state index contributed by atoms with van der Waals surface area (Å²) in [5.74, 6) is 0. The quantitative estimate of drug-likeness (QED) is 0.171. The van der Waals surface area contributed by atoms with Crippen molar-refractivity contribution in [3.05, 3.63) is 149 Å². The Morgan fingerprint density at radius 2 is 0.881 bits per heavy atom. The van der Waals surface area contributed by atoms with Crippen molar-refractivity contribution in [1.29, 1.82) is 0 Å². The third kappa shape index (κ3) is 4.69. The van der Waals surface area contributed by atoms with Gasteiger partial charge in [-0.1, -0.05) is 91.0 Å². The lowest BCUT2D eigenvalue weighted by Crippen LogP contribution is -1.84. The first-order chi connectivity index (χ1) is 20.7. The topological polar surface area (TPSA) is 12.9 Å². The fourth-order valence-electron chi connectivity index (χ4n) is 5.75. The van der Waals surface area contributed by atoms with Crippen LogP contribution in [0, 0.1) is 3.57 Å². The van der Waals surface area contributed by atoms with Crippen LogP contribution in [0.2, 0.25) is 0 Å². The molecule has 0 unspecified atom stereocenters. The van der Waals surface area contributed by atoms with Crippen molar-refractivity contribution >= 4 is 65.0 Å². The third-order valence-electron chi connectivity index (χ3n) is 8.04. The van der Waals surface area contributed by atoms with Crippen molar-refractivity contribution in [3.8, 4) is 44.5 Å². The van der Waals surface area contributed by atoms with Crippen molar-refractivity contribution in [2.24, 2.45) is 0 Å². The predicted molar refractivity (Wildman–Crippen MR) is 189 cm³/mol. The van der Waals surface area contributed by atoms with Gasteiger partial charge in [-0.3, -0.25) is 0 Å². The standard InChI is InChI=1S/C39H24INS/c40-35-18-15-26(16-19-35)25-3-5-27(6-4-25)30-11-13-33-23-31(12-14-32(33)22-30)28-7-9-29(10-8-28)34-17-20-38-37(24-34)36-2-1-21-41-39(36)42-38/h1-24H. The zero-order valence-electron chi connectivity index (χ0n) is 22.6. The van der Waals surface area contributed by atoms with Crippen LogP contribution in [-0.4, -0.2) is 4.98 Å². The van der Waals surface area contributed by atoms with E-state index in [9.17, 15) is 0 Å². The summed E-state index contributed by atoms with van der Waals surface area (Å²) in [6.45, 7) is 0. The molecule has 6 aromatic carbocycles. The van der Waals surface area contributed by atoms with Gasteiger partial charge in [0.1, 0.15) is 4.83 Å². The van der Waals surface area contributed by atoms with Gasteiger partial charge >= 0.3 is 0 Å². The molecule has 8 aromatic rings. The molecule has 0 atom stereocenters. The van der Waals surface area contributed by atoms with Gasteiger partial charge in [-0.05, 0) is 126 Å². The second-order valence-electron chi connectivity index (χ2n) is 10.6. The molecule has 0 amide bonds. The van der Waals surface area contributed by atoms with E-state index >= 15 is 0 Å². The van der Waals surface area contributed by atoms with Crippen molar-refractivity contribution < 1.29 is 0 Å². The minimum absolute atomic E-state index is 1.10. The first-order valence-corrected chi connectivity index (χ1v) is 15.9. The van der Waals surface area contributed by atoms with E-state index in [1.165, 1.54) is 74.3 Å². The van der Waals surface area contributed by atoms with Crippen LogP contribution in [0.5, 0.6) is 0 Å². The number of rotatable bonds is 4. The number of benzene rings is 6. The van der Waals surface area contributed by atoms with E-state index in [1.807, 2.05) is 12.3 Å². The molecular weight excluding hydrogens is 641 g/mol. The SMILES string of the molecule is Ic1ccc(-c2ccc(-c3ccc4cc(-c5ccc(-c6ccc7sc8ncccc8c7c6)cc5)ccc4c3)cc2)cc1. The van der Waals surface area contributed by atoms with Gasteiger partial charge in [0.05, 0.1) is 0 Å². The minimum Gasteiger partial charge on any atom is -0.245 e. The van der Waals surface area contributed by atoms with Crippen LogP contribution < -0.4 is 0 Å². The summed E-state index contributed by atoms with van der Waals surface area (Å²) < 4.78 is 2.53. The lowest BCUT2D eigenvalue weighted by atomic mass is 9.95. The predicted octanol–water partition coefficient (Wildman–Crippen LogP) is 11.9. The smallest absolute Gasteiger partial charge is 0.124 e. The number of halogens is 1. The molecule has 2 heterocycles. The fraction of sp³-hybridized carbons (Fsp3) is 0. The largest absolute Gasteiger partial charge is 0.245 e. The Hall–Kier alpha value is -4.32. The summed E-state index contributed by atoms with van der Waals surface area (Å²) in [7, 11) is 0. The van der Waals surface area contributed by atoms with Crippen LogP contribution in [0.25, 0.3) is 75.6 Å². The van der Waals surface area contributed by atoms with Gasteiger partial charge in [-0.25, -0.2) is 4.98 Å². The summed E-state index contributed by atoms with van der Waals surface area (Å²) >= 11 is 4.10. The number of hydrogen-bond acceptors (Lipinski definition) is 2. The number of aromatic nitrogens is 1. The van der Waals surface area contributed by atoms with Gasteiger partial charge in [-0.2, -0.15) is 0 Å². The fourth-order valence-corrected chi connectivity index (χ4v) is 7.13. The van der Waals surface area contributed by atoms with Crippen molar-refractivity contribution in [3.63, 3.8) is 0 Å². The average Bonchev–Trinajstić information content (AvgIpc) is 3.43. The normalized spacial score (nSPS) is 11.5. The molecule has 2 aromatic heterocycles. The number of fused-ring (bicyclic) bond motifs is 4. The van der Waals surface area contributed by atoms with Crippen molar-refractivity contribution in [2.45, 2.75) is 0 Å². The zero-order valence-corrected chi connectivity index (χ0v) is 25.6. The molecule has 0 aliphatic heterocycles. The maximum absolute atomic E-state index is 4.54. The Morgan fingerprint density at radius 3 is 1.45 bits per heavy atom. The van der Waals surface area contributed by atoms with E-state index in [-0.39, 0.29) is 0 Å². The molecule has 42 heavy (non-hydrogen) atoms. The van der Waals surface area contributed by atoms with Gasteiger partial charge < -0.3 is 0 Å². The third-order valence-corrected chi connectivity index (χ3v) is 9.85. The average molecular weight is 666 g/mol. The monoisotopic (exact) mass is 665 g/mol. The molecule has 3 heteroatoms. The van der Waals surface area contributed by atoms with Gasteiger partial charge in [-0.15, -0.1) is 11.3 Å². The molecule has 0 bridgehead atoms. The van der Waals surface area contributed by atoms with Crippen LogP contribution in [-0.2, 0) is 0 Å². The Balaban J connectivity index is 1.05. The van der Waals surface area contributed by atoms with Crippen LogP contribution in [0.3, 0.4) is 0 Å². The molecule has 0 spiro atoms. The molecule has 8 rings (SSSR count). The molecule has 0 aliphatic rings. The highest BCUT2D eigenvalue weighted by Crippen LogP contribution is 2.36. The zero-order chi connectivity index (χ0) is 28.0. The number of pyridine rings is 1. The van der Waals surface area contributed by atoms with Crippen molar-refractivity contribution in [2.75, 3.05) is 0 Å². The maximum Gasteiger partial charge on any atom is 0.124 e. The van der Waals surface area contributed by atoms with Gasteiger partial charge in [0.15, 0.2) is 0 Å². The molecule has 198 valence electrons. The van der Waals surface area contributed by atoms with Crippen LogP contribution >= 0.6 is 33.9 Å². The van der Waals surface area contributed by atoms with E-state index in [0.29, 0.717) is 0 Å². The molecule has 0 fully saturated rings. The van der Waals surface area contributed by atoms with E-state index in [0.717, 1.165) is 4.83 Å². The summed E-state index contributed by atoms with van der Waals surface area (Å²) in [4.78, 5) is 5.64. The summed E-state index contributed by atoms with van der Waals surface area (Å²) in [5.41, 5.74) is 9.87. The maximum atomic E-state index is 4.54. The summed E-state index contributed by atoms with van der Waals surface area (Å²) in [6, 6.07) is 50.9. The number of nitrogens with zero attached hydrogens (tertiary/aromatic N) is 1. The second-order valence-corrected chi connectivity index (χ2v) is 12.9. The van der Waals surface area contributed by atoms with E-state index < -0.39 is 0 Å². The molecule has 0 saturated carbocycles. The Labute approximate surface area is 262 Å². The van der Waals surface area contributed by atoms with Crippen LogP contribution in [0.4, 0.5) is 0 Å². The Bertz CT molecular complexity index is 2230. The highest BCUT2D eigenvalue weighted by molar-refractivity contribution is 14.1. The summed E-state index contributed by atoms with van der Waals surface area (Å²) in [5, 5.41) is 5.01. The number of hydrogen-bond donors (Lipinski definition) is 0. The lowest BCUT2D eigenvalue weighted by molar-refractivity contribution is 1.45. The van der Waals surface area contributed by atoms with Gasteiger partial charge in [0, 0.05) is 25.2 Å². The Morgan fingerprint density at radius 1 is 0.429 bits per heavy atom. The number of thiophene rings is 1. The van der Waals surface area contributed by atoms with Crippen LogP contribution in [0.1, 0.15) is 0 Å². The minimum atomic E-state index is 1.10. The lowest BCUT2D eigenvalue weighted by Gasteiger charge is -2.09. The molecular formula is C39H24INS. The van der Waals surface area contributed by atoms with E-state index in [2.05, 4.69) is 161 Å². The van der Waals surface area contributed by atoms with Crippen molar-refractivity contribution in [1.82, 2.24) is 4.98 Å². The second kappa shape index (κ2) is 10.5. The highest BCUT2D eigenvalue weighted by Gasteiger charge is 2.09. The molecule has 0 N–H and O–H groups in total. The van der Waals surface area contributed by atoms with Gasteiger partial charge in [0.2, 0.25) is 0 Å².